The molecule has 1 N–H and O–H groups in total. The summed E-state index contributed by atoms with van der Waals surface area (Å²) in [5.41, 5.74) is 2.56. The molecule has 0 aliphatic rings. The van der Waals surface area contributed by atoms with Gasteiger partial charge in [-0.1, -0.05) is 18.2 Å². The molecule has 0 radical (unpaired) electrons. The maximum Gasteiger partial charge on any atom is 0.244 e. The van der Waals surface area contributed by atoms with E-state index in [-0.39, 0.29) is 11.6 Å². The van der Waals surface area contributed by atoms with Gasteiger partial charge in [0.2, 0.25) is 11.9 Å². The van der Waals surface area contributed by atoms with Gasteiger partial charge in [-0.15, -0.1) is 0 Å². The summed E-state index contributed by atoms with van der Waals surface area (Å²) < 4.78 is 39.5. The van der Waals surface area contributed by atoms with Gasteiger partial charge in [-0.25, -0.2) is 13.8 Å². The quantitative estimate of drug-likeness (QED) is 0.495. The molecule has 142 valence electrons. The fourth-order valence-electron chi connectivity index (χ4n) is 2.68. The van der Waals surface area contributed by atoms with Crippen molar-refractivity contribution in [2.75, 3.05) is 0 Å². The van der Waals surface area contributed by atoms with E-state index in [0.29, 0.717) is 0 Å². The minimum absolute atomic E-state index is 0.120. The number of rotatable bonds is 5. The Morgan fingerprint density at radius 2 is 1.86 bits per heavy atom. The van der Waals surface area contributed by atoms with E-state index in [1.807, 2.05) is 31.2 Å². The van der Waals surface area contributed by atoms with Crippen LogP contribution in [0.5, 0.6) is 0 Å². The Kier molecular flexibility index (Phi) is 5.89. The van der Waals surface area contributed by atoms with E-state index in [1.165, 1.54) is 30.5 Å². The second-order valence-corrected chi connectivity index (χ2v) is 6.22. The Balaban J connectivity index is 1.69. The summed E-state index contributed by atoms with van der Waals surface area (Å²) in [4.78, 5) is 15.8. The van der Waals surface area contributed by atoms with E-state index in [4.69, 9.17) is 0 Å². The third kappa shape index (κ3) is 4.85. The number of amides is 1. The number of halogens is 3. The van der Waals surface area contributed by atoms with Crippen molar-refractivity contribution in [1.29, 1.82) is 0 Å². The molecule has 0 spiro atoms. The number of benzene rings is 2. The lowest BCUT2D eigenvalue weighted by molar-refractivity contribution is -0.117. The van der Waals surface area contributed by atoms with Crippen LogP contribution in [0.3, 0.4) is 0 Å². The largest absolute Gasteiger partial charge is 0.346 e. The number of pyridine rings is 1. The molecule has 1 heterocycles. The van der Waals surface area contributed by atoms with Gasteiger partial charge in [0.05, 0.1) is 6.04 Å². The normalized spacial score (nSPS) is 12.1. The number of aromatic nitrogens is 1. The molecular weight excluding hydrogens is 365 g/mol. The highest BCUT2D eigenvalue weighted by atomic mass is 19.1. The Bertz CT molecular complexity index is 1020. The number of nitrogens with zero attached hydrogens (tertiary/aromatic N) is 1. The fraction of sp³-hybridized carbons (Fsp3) is 0.0909. The first-order chi connectivity index (χ1) is 13.4. The SMILES string of the molecule is CC(NC(=O)/C=C/c1ccc(F)cc1F)c1cccc(-c2ccc(F)nc2)c1. The Morgan fingerprint density at radius 3 is 2.57 bits per heavy atom. The lowest BCUT2D eigenvalue weighted by Gasteiger charge is -2.14. The van der Waals surface area contributed by atoms with Crippen LogP contribution in [0, 0.1) is 17.6 Å². The molecule has 2 aromatic carbocycles. The summed E-state index contributed by atoms with van der Waals surface area (Å²) in [6.45, 7) is 1.81. The number of carbonyl (C=O) groups excluding carboxylic acids is 1. The maximum atomic E-state index is 13.6. The molecule has 0 fully saturated rings. The minimum Gasteiger partial charge on any atom is -0.346 e. The van der Waals surface area contributed by atoms with Gasteiger partial charge in [0.25, 0.3) is 0 Å². The number of nitrogens with one attached hydrogen (secondary N) is 1. The number of hydrogen-bond donors (Lipinski definition) is 1. The molecule has 0 saturated heterocycles. The van der Waals surface area contributed by atoms with Crippen LogP contribution in [-0.4, -0.2) is 10.9 Å². The van der Waals surface area contributed by atoms with Crippen LogP contribution in [0.15, 0.2) is 66.9 Å². The summed E-state index contributed by atoms with van der Waals surface area (Å²) in [5.74, 6) is -2.38. The summed E-state index contributed by atoms with van der Waals surface area (Å²) in [6.07, 6.45) is 3.93. The monoisotopic (exact) mass is 382 g/mol. The van der Waals surface area contributed by atoms with Crippen LogP contribution in [0.2, 0.25) is 0 Å². The van der Waals surface area contributed by atoms with Crippen molar-refractivity contribution in [2.45, 2.75) is 13.0 Å². The highest BCUT2D eigenvalue weighted by Gasteiger charge is 2.10. The molecule has 6 heteroatoms. The molecule has 0 aliphatic carbocycles. The molecule has 0 aliphatic heterocycles. The molecule has 0 saturated carbocycles. The first kappa shape index (κ1) is 19.4. The maximum absolute atomic E-state index is 13.6. The van der Waals surface area contributed by atoms with Crippen molar-refractivity contribution >= 4 is 12.0 Å². The van der Waals surface area contributed by atoms with Crippen LogP contribution in [0.1, 0.15) is 24.1 Å². The van der Waals surface area contributed by atoms with Gasteiger partial charge in [0.15, 0.2) is 0 Å². The van der Waals surface area contributed by atoms with Crippen LogP contribution >= 0.6 is 0 Å². The van der Waals surface area contributed by atoms with E-state index in [0.717, 1.165) is 28.8 Å². The second-order valence-electron chi connectivity index (χ2n) is 6.22. The smallest absolute Gasteiger partial charge is 0.244 e. The average molecular weight is 382 g/mol. The molecule has 28 heavy (non-hydrogen) atoms. The first-order valence-corrected chi connectivity index (χ1v) is 8.58. The van der Waals surface area contributed by atoms with E-state index >= 15 is 0 Å². The molecule has 3 nitrogen and oxygen atoms in total. The molecule has 3 rings (SSSR count). The number of hydrogen-bond acceptors (Lipinski definition) is 2. The molecular formula is C22H17F3N2O. The zero-order valence-electron chi connectivity index (χ0n) is 15.0. The molecule has 1 aromatic heterocycles. The van der Waals surface area contributed by atoms with E-state index in [2.05, 4.69) is 10.3 Å². The lowest BCUT2D eigenvalue weighted by atomic mass is 10.0. The predicted octanol–water partition coefficient (Wildman–Crippen LogP) is 5.06. The lowest BCUT2D eigenvalue weighted by Crippen LogP contribution is -2.24. The average Bonchev–Trinajstić information content (AvgIpc) is 2.68. The summed E-state index contributed by atoms with van der Waals surface area (Å²) in [6, 6.07) is 13.2. The highest BCUT2D eigenvalue weighted by molar-refractivity contribution is 5.92. The van der Waals surface area contributed by atoms with E-state index < -0.39 is 23.5 Å². The van der Waals surface area contributed by atoms with Crippen LogP contribution < -0.4 is 5.32 Å². The predicted molar refractivity (Wildman–Crippen MR) is 102 cm³/mol. The van der Waals surface area contributed by atoms with Crippen molar-refractivity contribution in [3.05, 3.63) is 95.6 Å². The van der Waals surface area contributed by atoms with Crippen molar-refractivity contribution in [2.24, 2.45) is 0 Å². The first-order valence-electron chi connectivity index (χ1n) is 8.58. The van der Waals surface area contributed by atoms with E-state index in [9.17, 15) is 18.0 Å². The van der Waals surface area contributed by atoms with Gasteiger partial charge in [0.1, 0.15) is 11.6 Å². The van der Waals surface area contributed by atoms with Crippen LogP contribution in [-0.2, 0) is 4.79 Å². The van der Waals surface area contributed by atoms with Gasteiger partial charge >= 0.3 is 0 Å². The Labute approximate surface area is 160 Å². The van der Waals surface area contributed by atoms with Crippen molar-refractivity contribution in [1.82, 2.24) is 10.3 Å². The Morgan fingerprint density at radius 1 is 1.04 bits per heavy atom. The zero-order chi connectivity index (χ0) is 20.1. The zero-order valence-corrected chi connectivity index (χ0v) is 15.0. The molecule has 1 atom stereocenters. The van der Waals surface area contributed by atoms with Gasteiger partial charge in [-0.3, -0.25) is 4.79 Å². The second kappa shape index (κ2) is 8.52. The third-order valence-corrected chi connectivity index (χ3v) is 4.18. The van der Waals surface area contributed by atoms with Gasteiger partial charge in [0, 0.05) is 29.5 Å². The van der Waals surface area contributed by atoms with Gasteiger partial charge in [-0.05, 0) is 54.5 Å². The third-order valence-electron chi connectivity index (χ3n) is 4.18. The summed E-state index contributed by atoms with van der Waals surface area (Å²) in [5, 5.41) is 2.79. The van der Waals surface area contributed by atoms with Crippen molar-refractivity contribution < 1.29 is 18.0 Å². The highest BCUT2D eigenvalue weighted by Crippen LogP contribution is 2.23. The van der Waals surface area contributed by atoms with Gasteiger partial charge < -0.3 is 5.32 Å². The molecule has 1 unspecified atom stereocenters. The fourth-order valence-corrected chi connectivity index (χ4v) is 2.68. The molecule has 1 amide bonds. The number of carbonyl (C=O) groups is 1. The molecule has 3 aromatic rings. The standard InChI is InChI=1S/C22H17F3N2O/c1-14(27-22(28)10-7-15-5-8-19(23)12-20(15)24)16-3-2-4-17(11-16)18-6-9-21(25)26-13-18/h2-14H,1H3,(H,27,28)/b10-7+. The van der Waals surface area contributed by atoms with E-state index in [1.54, 1.807) is 6.07 Å². The van der Waals surface area contributed by atoms with Gasteiger partial charge in [-0.2, -0.15) is 4.39 Å². The Hall–Kier alpha value is -3.41. The topological polar surface area (TPSA) is 42.0 Å². The summed E-state index contributed by atoms with van der Waals surface area (Å²) in [7, 11) is 0. The minimum atomic E-state index is -0.738. The van der Waals surface area contributed by atoms with Crippen molar-refractivity contribution in [3.8, 4) is 11.1 Å². The summed E-state index contributed by atoms with van der Waals surface area (Å²) >= 11 is 0. The molecule has 0 bridgehead atoms. The van der Waals surface area contributed by atoms with Crippen LogP contribution in [0.25, 0.3) is 17.2 Å². The van der Waals surface area contributed by atoms with Crippen molar-refractivity contribution in [3.63, 3.8) is 0 Å². The van der Waals surface area contributed by atoms with Crippen LogP contribution in [0.4, 0.5) is 13.2 Å².